The Balaban J connectivity index is 1.97. The zero-order valence-corrected chi connectivity index (χ0v) is 7.37. The number of hydrogen-bond acceptors (Lipinski definition) is 2. The SMILES string of the molecule is Fc1ccc(OC2CCCC2)cn1. The van der Waals surface area contributed by atoms with Gasteiger partial charge in [0, 0.05) is 0 Å². The molecule has 0 bridgehead atoms. The van der Waals surface area contributed by atoms with Crippen LogP contribution in [0.3, 0.4) is 0 Å². The third kappa shape index (κ3) is 2.17. The molecule has 0 aromatic carbocycles. The maximum absolute atomic E-state index is 12.4. The topological polar surface area (TPSA) is 22.1 Å². The summed E-state index contributed by atoms with van der Waals surface area (Å²) in [5.74, 6) is 0.215. The first-order valence-corrected chi connectivity index (χ1v) is 4.63. The van der Waals surface area contributed by atoms with Crippen LogP contribution in [0.4, 0.5) is 4.39 Å². The van der Waals surface area contributed by atoms with Crippen LogP contribution in [0.25, 0.3) is 0 Å². The second-order valence-electron chi connectivity index (χ2n) is 3.34. The van der Waals surface area contributed by atoms with Crippen LogP contribution in [0.15, 0.2) is 18.3 Å². The summed E-state index contributed by atoms with van der Waals surface area (Å²) in [5.41, 5.74) is 0. The standard InChI is InChI=1S/C10H12FNO/c11-10-6-5-9(7-12-10)13-8-3-1-2-4-8/h5-8H,1-4H2. The molecule has 0 N–H and O–H groups in total. The molecule has 0 unspecified atom stereocenters. The highest BCUT2D eigenvalue weighted by Crippen LogP contribution is 2.23. The van der Waals surface area contributed by atoms with Gasteiger partial charge in [0.05, 0.1) is 12.3 Å². The first kappa shape index (κ1) is 8.48. The van der Waals surface area contributed by atoms with Crippen LogP contribution in [0.2, 0.25) is 0 Å². The molecule has 2 rings (SSSR count). The lowest BCUT2D eigenvalue weighted by molar-refractivity contribution is 0.208. The normalized spacial score (nSPS) is 17.6. The molecular formula is C10H12FNO. The Kier molecular flexibility index (Phi) is 2.43. The highest BCUT2D eigenvalue weighted by molar-refractivity contribution is 5.16. The number of nitrogens with zero attached hydrogens (tertiary/aromatic N) is 1. The lowest BCUT2D eigenvalue weighted by atomic mass is 10.3. The molecular weight excluding hydrogens is 169 g/mol. The van der Waals surface area contributed by atoms with Crippen molar-refractivity contribution in [1.29, 1.82) is 0 Å². The molecule has 1 aromatic heterocycles. The second-order valence-corrected chi connectivity index (χ2v) is 3.34. The number of rotatable bonds is 2. The van der Waals surface area contributed by atoms with E-state index in [0.717, 1.165) is 12.8 Å². The van der Waals surface area contributed by atoms with Crippen molar-refractivity contribution in [2.24, 2.45) is 0 Å². The van der Waals surface area contributed by atoms with E-state index >= 15 is 0 Å². The van der Waals surface area contributed by atoms with Crippen molar-refractivity contribution in [3.05, 3.63) is 24.3 Å². The summed E-state index contributed by atoms with van der Waals surface area (Å²) in [4.78, 5) is 3.53. The van der Waals surface area contributed by atoms with Gasteiger partial charge in [0.15, 0.2) is 0 Å². The van der Waals surface area contributed by atoms with Crippen LogP contribution in [0.1, 0.15) is 25.7 Å². The van der Waals surface area contributed by atoms with Crippen molar-refractivity contribution in [1.82, 2.24) is 4.98 Å². The molecule has 1 saturated carbocycles. The lowest BCUT2D eigenvalue weighted by Crippen LogP contribution is -2.10. The molecule has 0 spiro atoms. The predicted molar refractivity (Wildman–Crippen MR) is 47.1 cm³/mol. The Morgan fingerprint density at radius 1 is 1.31 bits per heavy atom. The van der Waals surface area contributed by atoms with E-state index in [0.29, 0.717) is 11.9 Å². The third-order valence-electron chi connectivity index (χ3n) is 2.31. The van der Waals surface area contributed by atoms with Crippen molar-refractivity contribution in [3.63, 3.8) is 0 Å². The quantitative estimate of drug-likeness (QED) is 0.654. The number of pyridine rings is 1. The highest BCUT2D eigenvalue weighted by Gasteiger charge is 2.16. The monoisotopic (exact) mass is 181 g/mol. The van der Waals surface area contributed by atoms with Crippen LogP contribution in [-0.4, -0.2) is 11.1 Å². The predicted octanol–water partition coefficient (Wildman–Crippen LogP) is 2.54. The Hall–Kier alpha value is -1.12. The van der Waals surface area contributed by atoms with Crippen LogP contribution in [0, 0.1) is 5.95 Å². The molecule has 0 amide bonds. The molecule has 1 heterocycles. The summed E-state index contributed by atoms with van der Waals surface area (Å²) in [5, 5.41) is 0. The Bertz CT molecular complexity index is 267. The first-order valence-electron chi connectivity index (χ1n) is 4.63. The minimum absolute atomic E-state index is 0.312. The summed E-state index contributed by atoms with van der Waals surface area (Å²) in [6.07, 6.45) is 6.44. The molecule has 13 heavy (non-hydrogen) atoms. The number of halogens is 1. The highest BCUT2D eigenvalue weighted by atomic mass is 19.1. The number of aromatic nitrogens is 1. The molecule has 0 aliphatic heterocycles. The Morgan fingerprint density at radius 3 is 2.69 bits per heavy atom. The summed E-state index contributed by atoms with van der Waals surface area (Å²) in [6, 6.07) is 2.95. The fraction of sp³-hybridized carbons (Fsp3) is 0.500. The van der Waals surface area contributed by atoms with Crippen LogP contribution in [-0.2, 0) is 0 Å². The van der Waals surface area contributed by atoms with Crippen molar-refractivity contribution in [3.8, 4) is 5.75 Å². The molecule has 1 fully saturated rings. The van der Waals surface area contributed by atoms with Crippen LogP contribution < -0.4 is 4.74 Å². The minimum atomic E-state index is -0.459. The van der Waals surface area contributed by atoms with Crippen molar-refractivity contribution in [2.45, 2.75) is 31.8 Å². The maximum atomic E-state index is 12.4. The molecule has 1 aliphatic carbocycles. The average molecular weight is 181 g/mol. The van der Waals surface area contributed by atoms with Gasteiger partial charge >= 0.3 is 0 Å². The van der Waals surface area contributed by atoms with E-state index in [2.05, 4.69) is 4.98 Å². The molecule has 0 saturated heterocycles. The van der Waals surface area contributed by atoms with Gasteiger partial charge in [-0.15, -0.1) is 0 Å². The van der Waals surface area contributed by atoms with Crippen molar-refractivity contribution >= 4 is 0 Å². The fourth-order valence-corrected chi connectivity index (χ4v) is 1.63. The van der Waals surface area contributed by atoms with Gasteiger partial charge in [-0.25, -0.2) is 4.98 Å². The van der Waals surface area contributed by atoms with Crippen LogP contribution >= 0.6 is 0 Å². The number of hydrogen-bond donors (Lipinski definition) is 0. The van der Waals surface area contributed by atoms with E-state index in [1.807, 2.05) is 0 Å². The molecule has 70 valence electrons. The van der Waals surface area contributed by atoms with Crippen molar-refractivity contribution < 1.29 is 9.13 Å². The number of ether oxygens (including phenoxy) is 1. The van der Waals surface area contributed by atoms with Gasteiger partial charge in [0.2, 0.25) is 5.95 Å². The largest absolute Gasteiger partial charge is 0.489 e. The van der Waals surface area contributed by atoms with Gasteiger partial charge < -0.3 is 4.74 Å². The average Bonchev–Trinajstić information content (AvgIpc) is 2.62. The van der Waals surface area contributed by atoms with Gasteiger partial charge in [-0.3, -0.25) is 0 Å². The van der Waals surface area contributed by atoms with Crippen molar-refractivity contribution in [2.75, 3.05) is 0 Å². The Labute approximate surface area is 76.7 Å². The van der Waals surface area contributed by atoms with E-state index < -0.39 is 5.95 Å². The van der Waals surface area contributed by atoms with E-state index in [9.17, 15) is 4.39 Å². The Morgan fingerprint density at radius 2 is 2.08 bits per heavy atom. The summed E-state index contributed by atoms with van der Waals surface area (Å²) < 4.78 is 18.0. The molecule has 1 aromatic rings. The zero-order valence-electron chi connectivity index (χ0n) is 7.37. The first-order chi connectivity index (χ1) is 6.34. The maximum Gasteiger partial charge on any atom is 0.213 e. The second kappa shape index (κ2) is 3.73. The summed E-state index contributed by atoms with van der Waals surface area (Å²) >= 11 is 0. The smallest absolute Gasteiger partial charge is 0.213 e. The van der Waals surface area contributed by atoms with E-state index in [-0.39, 0.29) is 0 Å². The summed E-state index contributed by atoms with van der Waals surface area (Å²) in [7, 11) is 0. The van der Waals surface area contributed by atoms with Gasteiger partial charge in [0.1, 0.15) is 5.75 Å². The van der Waals surface area contributed by atoms with E-state index in [1.165, 1.54) is 25.1 Å². The van der Waals surface area contributed by atoms with Crippen LogP contribution in [0.5, 0.6) is 5.75 Å². The molecule has 2 nitrogen and oxygen atoms in total. The van der Waals surface area contributed by atoms with Gasteiger partial charge in [0.25, 0.3) is 0 Å². The summed E-state index contributed by atoms with van der Waals surface area (Å²) in [6.45, 7) is 0. The van der Waals surface area contributed by atoms with Gasteiger partial charge in [-0.05, 0) is 37.8 Å². The molecule has 3 heteroatoms. The third-order valence-corrected chi connectivity index (χ3v) is 2.31. The van der Waals surface area contributed by atoms with E-state index in [4.69, 9.17) is 4.74 Å². The van der Waals surface area contributed by atoms with Gasteiger partial charge in [-0.2, -0.15) is 4.39 Å². The molecule has 0 radical (unpaired) electrons. The van der Waals surface area contributed by atoms with E-state index in [1.54, 1.807) is 6.07 Å². The molecule has 0 atom stereocenters. The van der Waals surface area contributed by atoms with Gasteiger partial charge in [-0.1, -0.05) is 0 Å². The molecule has 1 aliphatic rings. The minimum Gasteiger partial charge on any atom is -0.489 e. The fourth-order valence-electron chi connectivity index (χ4n) is 1.63. The zero-order chi connectivity index (χ0) is 9.10. The lowest BCUT2D eigenvalue weighted by Gasteiger charge is -2.11.